The molecule has 0 saturated heterocycles. The Bertz CT molecular complexity index is 650. The minimum Gasteiger partial charge on any atom is -0.423 e. The van der Waals surface area contributed by atoms with E-state index < -0.39 is 4.92 Å². The Morgan fingerprint density at radius 1 is 1.50 bits per heavy atom. The van der Waals surface area contributed by atoms with E-state index in [1.54, 1.807) is 13.0 Å². The summed E-state index contributed by atoms with van der Waals surface area (Å²) in [5.41, 5.74) is 0.520. The molecule has 1 aliphatic rings. The van der Waals surface area contributed by atoms with Gasteiger partial charge in [0.2, 0.25) is 17.6 Å². The van der Waals surface area contributed by atoms with Crippen LogP contribution in [0.15, 0.2) is 16.7 Å². The number of pyridine rings is 1. The zero-order chi connectivity index (χ0) is 14.1. The van der Waals surface area contributed by atoms with Crippen molar-refractivity contribution < 1.29 is 9.34 Å². The Morgan fingerprint density at radius 3 is 3.00 bits per heavy atom. The number of hydrogen-bond donors (Lipinski definition) is 1. The van der Waals surface area contributed by atoms with Crippen LogP contribution < -0.4 is 5.32 Å². The maximum atomic E-state index is 11.0. The number of nitrogens with one attached hydrogen (secondary N) is 1. The first-order valence-electron chi connectivity index (χ1n) is 6.31. The molecule has 2 aromatic heterocycles. The van der Waals surface area contributed by atoms with Crippen LogP contribution in [0.2, 0.25) is 0 Å². The Labute approximate surface area is 114 Å². The van der Waals surface area contributed by atoms with Crippen LogP contribution >= 0.6 is 0 Å². The number of hydrogen-bond acceptors (Lipinski definition) is 7. The predicted molar refractivity (Wildman–Crippen MR) is 69.2 cm³/mol. The summed E-state index contributed by atoms with van der Waals surface area (Å²) in [5, 5.41) is 21.8. The van der Waals surface area contributed by atoms with E-state index >= 15 is 0 Å². The minimum absolute atomic E-state index is 0.0329. The topological polar surface area (TPSA) is 107 Å². The van der Waals surface area contributed by atoms with E-state index in [-0.39, 0.29) is 18.1 Å². The van der Waals surface area contributed by atoms with Crippen LogP contribution in [0, 0.1) is 17.0 Å². The van der Waals surface area contributed by atoms with Crippen molar-refractivity contribution in [2.24, 2.45) is 0 Å². The fraction of sp³-hybridized carbons (Fsp3) is 0.417. The van der Waals surface area contributed by atoms with E-state index in [9.17, 15) is 10.1 Å². The van der Waals surface area contributed by atoms with Gasteiger partial charge in [-0.15, -0.1) is 10.2 Å². The molecule has 0 aliphatic heterocycles. The highest BCUT2D eigenvalue weighted by atomic mass is 16.6. The summed E-state index contributed by atoms with van der Waals surface area (Å²) in [6.07, 6.45) is 3.69. The molecule has 0 amide bonds. The maximum absolute atomic E-state index is 11.0. The second-order valence-electron chi connectivity index (χ2n) is 4.74. The monoisotopic (exact) mass is 275 g/mol. The highest BCUT2D eigenvalue weighted by Crippen LogP contribution is 2.39. The van der Waals surface area contributed by atoms with Crippen LogP contribution in [0.5, 0.6) is 0 Å². The molecule has 20 heavy (non-hydrogen) atoms. The molecular weight excluding hydrogens is 262 g/mol. The molecule has 1 aliphatic carbocycles. The lowest BCUT2D eigenvalue weighted by Gasteiger charge is -2.05. The summed E-state index contributed by atoms with van der Waals surface area (Å²) >= 11 is 0. The highest BCUT2D eigenvalue weighted by molar-refractivity contribution is 5.59. The van der Waals surface area contributed by atoms with E-state index in [0.717, 1.165) is 12.8 Å². The lowest BCUT2D eigenvalue weighted by atomic mass is 10.2. The molecule has 0 bridgehead atoms. The molecule has 3 rings (SSSR count). The Kier molecular flexibility index (Phi) is 3.05. The van der Waals surface area contributed by atoms with Gasteiger partial charge in [0, 0.05) is 17.7 Å². The fourth-order valence-corrected chi connectivity index (χ4v) is 1.90. The van der Waals surface area contributed by atoms with Gasteiger partial charge in [0.15, 0.2) is 0 Å². The maximum Gasteiger partial charge on any atom is 0.314 e. The van der Waals surface area contributed by atoms with Crippen LogP contribution in [-0.4, -0.2) is 20.1 Å². The van der Waals surface area contributed by atoms with Crippen molar-refractivity contribution in [1.29, 1.82) is 0 Å². The molecule has 2 heterocycles. The minimum atomic E-state index is -0.450. The van der Waals surface area contributed by atoms with Crippen molar-refractivity contribution >= 4 is 11.5 Å². The number of rotatable bonds is 5. The molecule has 0 radical (unpaired) electrons. The third-order valence-corrected chi connectivity index (χ3v) is 3.12. The molecule has 1 fully saturated rings. The second-order valence-corrected chi connectivity index (χ2v) is 4.74. The third-order valence-electron chi connectivity index (χ3n) is 3.12. The van der Waals surface area contributed by atoms with E-state index in [2.05, 4.69) is 20.5 Å². The zero-order valence-electron chi connectivity index (χ0n) is 10.9. The predicted octanol–water partition coefficient (Wildman–Crippen LogP) is 2.17. The lowest BCUT2D eigenvalue weighted by Crippen LogP contribution is -2.06. The summed E-state index contributed by atoms with van der Waals surface area (Å²) in [4.78, 5) is 14.6. The Hall–Kier alpha value is -2.51. The first-order chi connectivity index (χ1) is 9.65. The van der Waals surface area contributed by atoms with Crippen molar-refractivity contribution in [2.45, 2.75) is 32.2 Å². The molecule has 0 aromatic carbocycles. The third kappa shape index (κ3) is 2.44. The highest BCUT2D eigenvalue weighted by Gasteiger charge is 2.29. The molecule has 0 spiro atoms. The SMILES string of the molecule is Cc1ccnc(NCc2nnc(C3CC3)o2)c1[N+](=O)[O-]. The average Bonchev–Trinajstić information content (AvgIpc) is 3.15. The average molecular weight is 275 g/mol. The van der Waals surface area contributed by atoms with Gasteiger partial charge in [-0.25, -0.2) is 4.98 Å². The molecule has 1 N–H and O–H groups in total. The molecular formula is C12H13N5O3. The first-order valence-corrected chi connectivity index (χ1v) is 6.31. The molecule has 8 nitrogen and oxygen atoms in total. The number of aryl methyl sites for hydroxylation is 1. The lowest BCUT2D eigenvalue weighted by molar-refractivity contribution is -0.384. The standard InChI is InChI=1S/C12H13N5O3/c1-7-4-5-13-11(10(7)17(18)19)14-6-9-15-16-12(20-9)8-2-3-8/h4-5,8H,2-3,6H2,1H3,(H,13,14). The number of anilines is 1. The molecule has 0 unspecified atom stereocenters. The van der Waals surface area contributed by atoms with Gasteiger partial charge in [-0.3, -0.25) is 10.1 Å². The summed E-state index contributed by atoms with van der Waals surface area (Å²) < 4.78 is 5.48. The largest absolute Gasteiger partial charge is 0.423 e. The van der Waals surface area contributed by atoms with Crippen LogP contribution in [0.3, 0.4) is 0 Å². The van der Waals surface area contributed by atoms with E-state index in [4.69, 9.17) is 4.42 Å². The molecule has 104 valence electrons. The summed E-state index contributed by atoms with van der Waals surface area (Å²) in [6.45, 7) is 1.89. The van der Waals surface area contributed by atoms with E-state index in [0.29, 0.717) is 23.3 Å². The van der Waals surface area contributed by atoms with Gasteiger partial charge >= 0.3 is 5.69 Å². The van der Waals surface area contributed by atoms with Crippen molar-refractivity contribution in [1.82, 2.24) is 15.2 Å². The summed E-state index contributed by atoms with van der Waals surface area (Å²) in [7, 11) is 0. The van der Waals surface area contributed by atoms with Gasteiger partial charge in [0.25, 0.3) is 0 Å². The van der Waals surface area contributed by atoms with E-state index in [1.165, 1.54) is 6.20 Å². The van der Waals surface area contributed by atoms with Gasteiger partial charge < -0.3 is 9.73 Å². The van der Waals surface area contributed by atoms with E-state index in [1.807, 2.05) is 0 Å². The van der Waals surface area contributed by atoms with Gasteiger partial charge in [0.1, 0.15) is 0 Å². The molecule has 1 saturated carbocycles. The van der Waals surface area contributed by atoms with Crippen LogP contribution in [0.1, 0.15) is 36.1 Å². The second kappa shape index (κ2) is 4.87. The van der Waals surface area contributed by atoms with Gasteiger partial charge in [-0.05, 0) is 25.8 Å². The summed E-state index contributed by atoms with van der Waals surface area (Å²) in [5.74, 6) is 1.65. The number of nitrogens with zero attached hydrogens (tertiary/aromatic N) is 4. The summed E-state index contributed by atoms with van der Waals surface area (Å²) in [6, 6.07) is 1.60. The van der Waals surface area contributed by atoms with Gasteiger partial charge in [-0.2, -0.15) is 0 Å². The van der Waals surface area contributed by atoms with Crippen LogP contribution in [-0.2, 0) is 6.54 Å². The van der Waals surface area contributed by atoms with Crippen molar-refractivity contribution in [2.75, 3.05) is 5.32 Å². The smallest absolute Gasteiger partial charge is 0.314 e. The van der Waals surface area contributed by atoms with Crippen molar-refractivity contribution in [3.05, 3.63) is 39.7 Å². The molecule has 2 aromatic rings. The Balaban J connectivity index is 1.74. The molecule has 8 heteroatoms. The first kappa shape index (κ1) is 12.5. The van der Waals surface area contributed by atoms with Gasteiger partial charge in [0.05, 0.1) is 11.5 Å². The van der Waals surface area contributed by atoms with Crippen LogP contribution in [0.4, 0.5) is 11.5 Å². The fourth-order valence-electron chi connectivity index (χ4n) is 1.90. The zero-order valence-corrected chi connectivity index (χ0v) is 10.9. The number of nitro groups is 1. The quantitative estimate of drug-likeness (QED) is 0.658. The van der Waals surface area contributed by atoms with Crippen molar-refractivity contribution in [3.8, 4) is 0 Å². The van der Waals surface area contributed by atoms with Crippen LogP contribution in [0.25, 0.3) is 0 Å². The number of aromatic nitrogens is 3. The van der Waals surface area contributed by atoms with Gasteiger partial charge in [-0.1, -0.05) is 0 Å². The molecule has 0 atom stereocenters. The normalized spacial score (nSPS) is 14.2. The Morgan fingerprint density at radius 2 is 2.30 bits per heavy atom. The van der Waals surface area contributed by atoms with Crippen molar-refractivity contribution in [3.63, 3.8) is 0 Å².